The Kier molecular flexibility index (Phi) is 4.48. The number of nitrogens with zero attached hydrogens (tertiary/aromatic N) is 5. The number of aromatic nitrogens is 1. The van der Waals surface area contributed by atoms with Gasteiger partial charge in [0, 0.05) is 23.7 Å². The number of hydrogen-bond acceptors (Lipinski definition) is 5. The Balaban J connectivity index is 1.52. The Bertz CT molecular complexity index is 1220. The van der Waals surface area contributed by atoms with E-state index in [9.17, 15) is 4.79 Å². The van der Waals surface area contributed by atoms with Crippen LogP contribution in [-0.4, -0.2) is 41.2 Å². The van der Waals surface area contributed by atoms with E-state index in [0.717, 1.165) is 39.9 Å². The van der Waals surface area contributed by atoms with Crippen molar-refractivity contribution in [3.8, 4) is 5.75 Å². The van der Waals surface area contributed by atoms with E-state index in [1.807, 2.05) is 59.5 Å². The molecule has 3 heterocycles. The molecule has 0 aliphatic carbocycles. The summed E-state index contributed by atoms with van der Waals surface area (Å²) in [6, 6.07) is 17.4. The first-order chi connectivity index (χ1) is 14.7. The lowest BCUT2D eigenvalue weighted by Gasteiger charge is -2.29. The van der Waals surface area contributed by atoms with Gasteiger partial charge in [0.15, 0.2) is 5.84 Å². The maximum absolute atomic E-state index is 11.8. The molecule has 2 aliphatic heterocycles. The molecule has 0 saturated carbocycles. The van der Waals surface area contributed by atoms with Crippen molar-refractivity contribution in [2.75, 3.05) is 13.7 Å². The first kappa shape index (κ1) is 18.1. The van der Waals surface area contributed by atoms with E-state index in [1.165, 1.54) is 0 Å². The molecule has 3 aromatic rings. The monoisotopic (exact) mass is 396 g/mol. The average molecular weight is 396 g/mol. The SMILES string of the molecule is COc1ccc(CCN2C(c3cccc4ncccc34)=CN=C3[N]C(=O)N=C32)cc1. The number of rotatable bonds is 5. The van der Waals surface area contributed by atoms with Crippen LogP contribution in [-0.2, 0) is 6.42 Å². The van der Waals surface area contributed by atoms with Crippen molar-refractivity contribution < 1.29 is 9.53 Å². The summed E-state index contributed by atoms with van der Waals surface area (Å²) in [6.45, 7) is 0.621. The third kappa shape index (κ3) is 3.20. The van der Waals surface area contributed by atoms with E-state index < -0.39 is 6.03 Å². The molecule has 2 amide bonds. The zero-order valence-corrected chi connectivity index (χ0v) is 16.3. The molecule has 0 N–H and O–H groups in total. The van der Waals surface area contributed by atoms with E-state index in [1.54, 1.807) is 19.5 Å². The lowest BCUT2D eigenvalue weighted by molar-refractivity contribution is 0.253. The van der Waals surface area contributed by atoms with Crippen LogP contribution >= 0.6 is 0 Å². The van der Waals surface area contributed by atoms with Crippen LogP contribution in [0.15, 0.2) is 77.0 Å². The van der Waals surface area contributed by atoms with Crippen molar-refractivity contribution in [1.82, 2.24) is 15.2 Å². The summed E-state index contributed by atoms with van der Waals surface area (Å²) >= 11 is 0. The number of hydrogen-bond donors (Lipinski definition) is 0. The largest absolute Gasteiger partial charge is 0.497 e. The fourth-order valence-corrected chi connectivity index (χ4v) is 3.68. The van der Waals surface area contributed by atoms with Crippen molar-refractivity contribution in [2.24, 2.45) is 9.98 Å². The van der Waals surface area contributed by atoms with Gasteiger partial charge in [-0.15, -0.1) is 0 Å². The summed E-state index contributed by atoms with van der Waals surface area (Å²) in [6.07, 6.45) is 4.29. The minimum Gasteiger partial charge on any atom is -0.497 e. The molecular formula is C23H18N5O2. The predicted molar refractivity (Wildman–Crippen MR) is 116 cm³/mol. The lowest BCUT2D eigenvalue weighted by atomic mass is 10.0. The number of fused-ring (bicyclic) bond motifs is 2. The van der Waals surface area contributed by atoms with Gasteiger partial charge in [0.25, 0.3) is 0 Å². The van der Waals surface area contributed by atoms with E-state index in [4.69, 9.17) is 4.74 Å². The second-order valence-corrected chi connectivity index (χ2v) is 6.92. The van der Waals surface area contributed by atoms with Gasteiger partial charge in [0.05, 0.1) is 24.5 Å². The van der Waals surface area contributed by atoms with Gasteiger partial charge in [-0.25, -0.2) is 9.79 Å². The van der Waals surface area contributed by atoms with Gasteiger partial charge in [-0.05, 0) is 36.2 Å². The highest BCUT2D eigenvalue weighted by molar-refractivity contribution is 6.49. The van der Waals surface area contributed by atoms with Gasteiger partial charge in [-0.2, -0.15) is 10.3 Å². The lowest BCUT2D eigenvalue weighted by Crippen LogP contribution is -2.39. The van der Waals surface area contributed by atoms with E-state index >= 15 is 0 Å². The van der Waals surface area contributed by atoms with Crippen LogP contribution < -0.4 is 10.1 Å². The number of methoxy groups -OCH3 is 1. The van der Waals surface area contributed by atoms with Gasteiger partial charge in [0.1, 0.15) is 5.75 Å². The molecule has 0 unspecified atom stereocenters. The van der Waals surface area contributed by atoms with Crippen molar-refractivity contribution in [2.45, 2.75) is 6.42 Å². The molecule has 1 aromatic heterocycles. The molecule has 0 bridgehead atoms. The van der Waals surface area contributed by atoms with Gasteiger partial charge in [0.2, 0.25) is 5.84 Å². The molecule has 0 saturated heterocycles. The Hall–Kier alpha value is -4.00. The summed E-state index contributed by atoms with van der Waals surface area (Å²) in [4.78, 5) is 26.8. The summed E-state index contributed by atoms with van der Waals surface area (Å²) in [5.41, 5.74) is 3.91. The number of benzene rings is 2. The quantitative estimate of drug-likeness (QED) is 0.659. The molecule has 1 radical (unpaired) electrons. The molecule has 0 spiro atoms. The Morgan fingerprint density at radius 2 is 1.90 bits per heavy atom. The summed E-state index contributed by atoms with van der Waals surface area (Å²) in [7, 11) is 1.65. The smallest absolute Gasteiger partial charge is 0.371 e. The number of aliphatic imine (C=N–C) groups is 2. The van der Waals surface area contributed by atoms with Crippen LogP contribution in [0.2, 0.25) is 0 Å². The number of amidine groups is 2. The zero-order valence-electron chi connectivity index (χ0n) is 16.3. The first-order valence-corrected chi connectivity index (χ1v) is 9.60. The van der Waals surface area contributed by atoms with Crippen molar-refractivity contribution >= 4 is 34.3 Å². The topological polar surface area (TPSA) is 81.2 Å². The van der Waals surface area contributed by atoms with Gasteiger partial charge in [-0.3, -0.25) is 4.98 Å². The maximum atomic E-state index is 11.8. The molecule has 7 nitrogen and oxygen atoms in total. The van der Waals surface area contributed by atoms with Gasteiger partial charge in [-0.1, -0.05) is 30.3 Å². The number of pyridine rings is 1. The molecular weight excluding hydrogens is 378 g/mol. The maximum Gasteiger partial charge on any atom is 0.371 e. The molecule has 0 fully saturated rings. The predicted octanol–water partition coefficient (Wildman–Crippen LogP) is 3.64. The number of carbonyl (C=O) groups is 1. The Morgan fingerprint density at radius 1 is 1.03 bits per heavy atom. The van der Waals surface area contributed by atoms with Gasteiger partial charge >= 0.3 is 6.03 Å². The second kappa shape index (κ2) is 7.44. The highest BCUT2D eigenvalue weighted by atomic mass is 16.5. The second-order valence-electron chi connectivity index (χ2n) is 6.92. The Morgan fingerprint density at radius 3 is 2.73 bits per heavy atom. The molecule has 30 heavy (non-hydrogen) atoms. The average Bonchev–Trinajstić information content (AvgIpc) is 3.18. The molecule has 2 aliphatic rings. The number of urea groups is 1. The van der Waals surface area contributed by atoms with Crippen molar-refractivity contribution in [1.29, 1.82) is 0 Å². The number of carbonyl (C=O) groups excluding carboxylic acids is 1. The van der Waals surface area contributed by atoms with E-state index in [2.05, 4.69) is 20.3 Å². The molecule has 0 atom stereocenters. The van der Waals surface area contributed by atoms with Crippen LogP contribution in [0.5, 0.6) is 5.75 Å². The summed E-state index contributed by atoms with van der Waals surface area (Å²) < 4.78 is 5.24. The first-order valence-electron chi connectivity index (χ1n) is 9.60. The molecule has 147 valence electrons. The van der Waals surface area contributed by atoms with Crippen molar-refractivity contribution in [3.05, 3.63) is 78.1 Å². The van der Waals surface area contributed by atoms with Crippen LogP contribution in [0.1, 0.15) is 11.1 Å². The van der Waals surface area contributed by atoms with E-state index in [-0.39, 0.29) is 0 Å². The van der Waals surface area contributed by atoms with Crippen LogP contribution in [0, 0.1) is 0 Å². The zero-order chi connectivity index (χ0) is 20.5. The number of ether oxygens (including phenoxy) is 1. The van der Waals surface area contributed by atoms with Crippen molar-refractivity contribution in [3.63, 3.8) is 0 Å². The third-order valence-electron chi connectivity index (χ3n) is 5.16. The van der Waals surface area contributed by atoms with E-state index in [0.29, 0.717) is 18.2 Å². The minimum atomic E-state index is -0.521. The fraction of sp³-hybridized carbons (Fsp3) is 0.130. The normalized spacial score (nSPS) is 15.3. The van der Waals surface area contributed by atoms with Gasteiger partial charge < -0.3 is 9.64 Å². The molecule has 7 heteroatoms. The standard InChI is InChI=1S/C23H18N5O2/c1-30-16-9-7-15(8-10-16)11-13-28-20(14-25-21-22(28)27-23(29)26-21)18-4-2-6-19-17(18)5-3-12-24-19/h2-10,12,14H,11,13H2,1H3. The third-order valence-corrected chi connectivity index (χ3v) is 5.16. The minimum absolute atomic E-state index is 0.358. The fourth-order valence-electron chi connectivity index (χ4n) is 3.68. The van der Waals surface area contributed by atoms with Crippen LogP contribution in [0.25, 0.3) is 16.6 Å². The highest BCUT2D eigenvalue weighted by Gasteiger charge is 2.33. The molecule has 5 rings (SSSR count). The number of amides is 2. The summed E-state index contributed by atoms with van der Waals surface area (Å²) in [5.74, 6) is 1.67. The van der Waals surface area contributed by atoms with Crippen LogP contribution in [0.3, 0.4) is 0 Å². The highest BCUT2D eigenvalue weighted by Crippen LogP contribution is 2.30. The Labute approximate surface area is 173 Å². The van der Waals surface area contributed by atoms with Crippen LogP contribution in [0.4, 0.5) is 4.79 Å². The molecule has 2 aromatic carbocycles. The summed E-state index contributed by atoms with van der Waals surface area (Å²) in [5, 5.41) is 4.94.